The molecule has 0 heterocycles. The summed E-state index contributed by atoms with van der Waals surface area (Å²) in [5.74, 6) is -0.285. The van der Waals surface area contributed by atoms with E-state index in [-0.39, 0.29) is 27.7 Å². The lowest BCUT2D eigenvalue weighted by Crippen LogP contribution is -2.26. The predicted octanol–water partition coefficient (Wildman–Crippen LogP) is 2.62. The van der Waals surface area contributed by atoms with Crippen LogP contribution in [0.2, 0.25) is 5.02 Å². The quantitative estimate of drug-likeness (QED) is 0.850. The average molecular weight is 302 g/mol. The van der Waals surface area contributed by atoms with Crippen molar-refractivity contribution in [2.45, 2.75) is 37.6 Å². The molecule has 0 saturated heterocycles. The first-order valence-electron chi connectivity index (χ1n) is 6.17. The van der Waals surface area contributed by atoms with Gasteiger partial charge in [0.25, 0.3) is 0 Å². The highest BCUT2D eigenvalue weighted by Gasteiger charge is 2.29. The zero-order valence-electron chi connectivity index (χ0n) is 10.8. The van der Waals surface area contributed by atoms with E-state index < -0.39 is 10.0 Å². The number of Topliss-reactive ketones (excluding diaryl/α,β-unsaturated/α-hetero) is 1. The normalized spacial score (nSPS) is 15.8. The summed E-state index contributed by atoms with van der Waals surface area (Å²) in [5.41, 5.74) is 0.371. The molecule has 1 aliphatic carbocycles. The Balaban J connectivity index is 2.39. The van der Waals surface area contributed by atoms with Gasteiger partial charge >= 0.3 is 0 Å². The number of benzene rings is 1. The molecule has 1 aromatic carbocycles. The summed E-state index contributed by atoms with van der Waals surface area (Å²) in [5, 5.41) is 0.133. The van der Waals surface area contributed by atoms with Gasteiger partial charge in [0.1, 0.15) is 4.90 Å². The molecule has 0 unspecified atom stereocenters. The largest absolute Gasteiger partial charge is 0.294 e. The molecule has 2 rings (SSSR count). The molecule has 0 atom stereocenters. The van der Waals surface area contributed by atoms with Gasteiger partial charge in [-0.3, -0.25) is 4.79 Å². The van der Waals surface area contributed by atoms with Gasteiger partial charge in [-0.1, -0.05) is 25.4 Å². The minimum absolute atomic E-state index is 0.00511. The van der Waals surface area contributed by atoms with Crippen molar-refractivity contribution in [1.82, 2.24) is 4.72 Å². The van der Waals surface area contributed by atoms with Crippen LogP contribution >= 0.6 is 11.6 Å². The summed E-state index contributed by atoms with van der Waals surface area (Å²) < 4.78 is 26.8. The van der Waals surface area contributed by atoms with Gasteiger partial charge in [-0.05, 0) is 31.0 Å². The van der Waals surface area contributed by atoms with E-state index in [0.29, 0.717) is 5.56 Å². The highest BCUT2D eigenvalue weighted by molar-refractivity contribution is 7.89. The van der Waals surface area contributed by atoms with Crippen molar-refractivity contribution in [3.8, 4) is 0 Å². The van der Waals surface area contributed by atoms with E-state index in [0.717, 1.165) is 12.8 Å². The van der Waals surface area contributed by atoms with E-state index in [2.05, 4.69) is 4.72 Å². The van der Waals surface area contributed by atoms with Crippen molar-refractivity contribution in [2.24, 2.45) is 5.92 Å². The van der Waals surface area contributed by atoms with E-state index in [1.807, 2.05) is 0 Å². The Labute approximate surface area is 118 Å². The molecule has 0 radical (unpaired) electrons. The maximum atomic E-state index is 12.1. The monoisotopic (exact) mass is 301 g/mol. The number of carbonyl (C=O) groups excluding carboxylic acids is 1. The maximum absolute atomic E-state index is 12.1. The Morgan fingerprint density at radius 3 is 2.53 bits per heavy atom. The van der Waals surface area contributed by atoms with Crippen molar-refractivity contribution < 1.29 is 13.2 Å². The Kier molecular flexibility index (Phi) is 3.99. The van der Waals surface area contributed by atoms with Gasteiger partial charge in [0.05, 0.1) is 5.02 Å². The summed E-state index contributed by atoms with van der Waals surface area (Å²) in [6.07, 6.45) is 1.70. The number of rotatable bonds is 5. The van der Waals surface area contributed by atoms with Crippen LogP contribution in [0.4, 0.5) is 0 Å². The molecule has 4 nitrogen and oxygen atoms in total. The number of halogens is 1. The first-order valence-corrected chi connectivity index (χ1v) is 8.03. The van der Waals surface area contributed by atoms with Crippen molar-refractivity contribution in [1.29, 1.82) is 0 Å². The SMILES string of the molecule is CC(C)C(=O)c1ccc(Cl)c(S(=O)(=O)NC2CC2)c1. The van der Waals surface area contributed by atoms with Crippen LogP contribution in [0.25, 0.3) is 0 Å². The van der Waals surface area contributed by atoms with Gasteiger partial charge in [0, 0.05) is 17.5 Å². The molecule has 6 heteroatoms. The molecule has 0 bridgehead atoms. The second-order valence-corrected chi connectivity index (χ2v) is 7.15. The van der Waals surface area contributed by atoms with Crippen LogP contribution in [0.5, 0.6) is 0 Å². The van der Waals surface area contributed by atoms with Crippen molar-refractivity contribution >= 4 is 27.4 Å². The third kappa shape index (κ3) is 3.35. The van der Waals surface area contributed by atoms with Gasteiger partial charge < -0.3 is 0 Å². The predicted molar refractivity (Wildman–Crippen MR) is 74.0 cm³/mol. The van der Waals surface area contributed by atoms with Crippen molar-refractivity contribution in [2.75, 3.05) is 0 Å². The van der Waals surface area contributed by atoms with E-state index in [1.165, 1.54) is 12.1 Å². The van der Waals surface area contributed by atoms with Gasteiger partial charge in [-0.25, -0.2) is 13.1 Å². The zero-order chi connectivity index (χ0) is 14.2. The van der Waals surface area contributed by atoms with Gasteiger partial charge in [-0.15, -0.1) is 0 Å². The molecule has 0 amide bonds. The Morgan fingerprint density at radius 1 is 1.37 bits per heavy atom. The number of hydrogen-bond donors (Lipinski definition) is 1. The molecule has 1 N–H and O–H groups in total. The van der Waals surface area contributed by atoms with Crippen LogP contribution in [0, 0.1) is 5.92 Å². The number of sulfonamides is 1. The standard InChI is InChI=1S/C13H16ClNO3S/c1-8(2)13(16)9-3-6-11(14)12(7-9)19(17,18)15-10-4-5-10/h3,6-8,10,15H,4-5H2,1-2H3. The first-order chi connectivity index (χ1) is 8.81. The Bertz CT molecular complexity index is 606. The van der Waals surface area contributed by atoms with Crippen LogP contribution in [-0.4, -0.2) is 20.2 Å². The van der Waals surface area contributed by atoms with Crippen LogP contribution in [-0.2, 0) is 10.0 Å². The van der Waals surface area contributed by atoms with E-state index >= 15 is 0 Å². The van der Waals surface area contributed by atoms with Gasteiger partial charge in [0.15, 0.2) is 5.78 Å². The fraction of sp³-hybridized carbons (Fsp3) is 0.462. The molecule has 19 heavy (non-hydrogen) atoms. The zero-order valence-corrected chi connectivity index (χ0v) is 12.4. The summed E-state index contributed by atoms with van der Waals surface area (Å²) in [6.45, 7) is 3.54. The second kappa shape index (κ2) is 5.23. The molecule has 1 aliphatic rings. The van der Waals surface area contributed by atoms with Crippen molar-refractivity contribution in [3.63, 3.8) is 0 Å². The highest BCUT2D eigenvalue weighted by Crippen LogP contribution is 2.27. The smallest absolute Gasteiger partial charge is 0.242 e. The summed E-state index contributed by atoms with van der Waals surface area (Å²) in [6, 6.07) is 4.37. The number of carbonyl (C=O) groups is 1. The Morgan fingerprint density at radius 2 is 2.00 bits per heavy atom. The van der Waals surface area contributed by atoms with Crippen LogP contribution in [0.15, 0.2) is 23.1 Å². The molecule has 1 aromatic rings. The highest BCUT2D eigenvalue weighted by atomic mass is 35.5. The topological polar surface area (TPSA) is 63.2 Å². The molecule has 0 aromatic heterocycles. The number of hydrogen-bond acceptors (Lipinski definition) is 3. The maximum Gasteiger partial charge on any atom is 0.242 e. The lowest BCUT2D eigenvalue weighted by atomic mass is 10.0. The lowest BCUT2D eigenvalue weighted by molar-refractivity contribution is 0.0939. The third-order valence-electron chi connectivity index (χ3n) is 2.93. The van der Waals surface area contributed by atoms with Crippen LogP contribution < -0.4 is 4.72 Å². The molecular weight excluding hydrogens is 286 g/mol. The molecule has 104 valence electrons. The van der Waals surface area contributed by atoms with Gasteiger partial charge in [0.2, 0.25) is 10.0 Å². The summed E-state index contributed by atoms with van der Waals surface area (Å²) in [7, 11) is -3.64. The third-order valence-corrected chi connectivity index (χ3v) is 4.93. The van der Waals surface area contributed by atoms with Gasteiger partial charge in [-0.2, -0.15) is 0 Å². The molecule has 1 fully saturated rings. The molecular formula is C13H16ClNO3S. The van der Waals surface area contributed by atoms with E-state index in [1.54, 1.807) is 19.9 Å². The fourth-order valence-electron chi connectivity index (χ4n) is 1.68. The van der Waals surface area contributed by atoms with Crippen LogP contribution in [0.1, 0.15) is 37.0 Å². The first kappa shape index (κ1) is 14.5. The minimum atomic E-state index is -3.64. The van der Waals surface area contributed by atoms with E-state index in [9.17, 15) is 13.2 Å². The van der Waals surface area contributed by atoms with E-state index in [4.69, 9.17) is 11.6 Å². The molecule has 0 aliphatic heterocycles. The van der Waals surface area contributed by atoms with Crippen molar-refractivity contribution in [3.05, 3.63) is 28.8 Å². The minimum Gasteiger partial charge on any atom is -0.294 e. The number of ketones is 1. The Hall–Kier alpha value is -0.910. The summed E-state index contributed by atoms with van der Waals surface area (Å²) >= 11 is 5.94. The fourth-order valence-corrected chi connectivity index (χ4v) is 3.51. The molecule has 0 spiro atoms. The average Bonchev–Trinajstić information content (AvgIpc) is 3.11. The molecule has 1 saturated carbocycles. The second-order valence-electron chi connectivity index (χ2n) is 5.06. The summed E-state index contributed by atoms with van der Waals surface area (Å²) in [4.78, 5) is 11.9. The number of nitrogens with one attached hydrogen (secondary N) is 1. The lowest BCUT2D eigenvalue weighted by Gasteiger charge is -2.10. The van der Waals surface area contributed by atoms with Crippen LogP contribution in [0.3, 0.4) is 0 Å².